The Hall–Kier alpha value is -1.66. The lowest BCUT2D eigenvalue weighted by atomic mass is 9.95. The zero-order valence-corrected chi connectivity index (χ0v) is 17.5. The molecule has 0 bridgehead atoms. The van der Waals surface area contributed by atoms with Crippen molar-refractivity contribution in [2.45, 2.75) is 77.4 Å². The van der Waals surface area contributed by atoms with Crippen LogP contribution in [0.2, 0.25) is 0 Å². The molecule has 0 N–H and O–H groups in total. The highest BCUT2D eigenvalue weighted by Crippen LogP contribution is 2.24. The molecule has 0 aromatic heterocycles. The summed E-state index contributed by atoms with van der Waals surface area (Å²) in [5.41, 5.74) is 0.864. The third kappa shape index (κ3) is 11.2. The first kappa shape index (κ1) is 24.4. The van der Waals surface area contributed by atoms with Crippen LogP contribution in [0.15, 0.2) is 24.3 Å². The third-order valence-corrected chi connectivity index (χ3v) is 4.57. The van der Waals surface area contributed by atoms with Gasteiger partial charge >= 0.3 is 11.9 Å². The van der Waals surface area contributed by atoms with E-state index >= 15 is 0 Å². The van der Waals surface area contributed by atoms with Crippen LogP contribution in [0.4, 0.5) is 0 Å². The maximum atomic E-state index is 11.2. The van der Waals surface area contributed by atoms with E-state index in [2.05, 4.69) is 13.2 Å². The Kier molecular flexibility index (Phi) is 12.5. The van der Waals surface area contributed by atoms with Crippen LogP contribution in [0.3, 0.4) is 0 Å². The summed E-state index contributed by atoms with van der Waals surface area (Å²) in [6.07, 6.45) is 8.07. The van der Waals surface area contributed by atoms with Crippen LogP contribution in [0.25, 0.3) is 0 Å². The highest BCUT2D eigenvalue weighted by Gasteiger charge is 2.21. The van der Waals surface area contributed by atoms with Crippen LogP contribution in [-0.2, 0) is 28.5 Å². The van der Waals surface area contributed by atoms with Crippen molar-refractivity contribution in [3.05, 3.63) is 24.3 Å². The second kappa shape index (κ2) is 14.4. The van der Waals surface area contributed by atoms with Crippen LogP contribution >= 0.6 is 0 Å². The SMILES string of the molecule is C=C(C)C(=O)OCCCCOC1CCC(OCCCCOC(=O)C(=C)C)CC1. The monoisotopic (exact) mass is 396 g/mol. The van der Waals surface area contributed by atoms with Crippen LogP contribution in [-0.4, -0.2) is 50.6 Å². The summed E-state index contributed by atoms with van der Waals surface area (Å²) in [7, 11) is 0. The summed E-state index contributed by atoms with van der Waals surface area (Å²) < 4.78 is 21.9. The highest BCUT2D eigenvalue weighted by molar-refractivity contribution is 5.87. The number of rotatable bonds is 14. The van der Waals surface area contributed by atoms with Gasteiger partial charge in [0.25, 0.3) is 0 Å². The molecule has 0 heterocycles. The summed E-state index contributed by atoms with van der Waals surface area (Å²) in [5.74, 6) is -0.653. The summed E-state index contributed by atoms with van der Waals surface area (Å²) >= 11 is 0. The molecule has 1 fully saturated rings. The number of esters is 2. The topological polar surface area (TPSA) is 71.1 Å². The lowest BCUT2D eigenvalue weighted by Crippen LogP contribution is -2.27. The van der Waals surface area contributed by atoms with Gasteiger partial charge in [-0.25, -0.2) is 9.59 Å². The van der Waals surface area contributed by atoms with Crippen LogP contribution < -0.4 is 0 Å². The molecular formula is C22H36O6. The van der Waals surface area contributed by atoms with Crippen molar-refractivity contribution in [2.75, 3.05) is 26.4 Å². The van der Waals surface area contributed by atoms with E-state index < -0.39 is 0 Å². The lowest BCUT2D eigenvalue weighted by Gasteiger charge is -2.28. The number of carbonyl (C=O) groups is 2. The molecule has 28 heavy (non-hydrogen) atoms. The van der Waals surface area contributed by atoms with Crippen molar-refractivity contribution >= 4 is 11.9 Å². The molecule has 0 atom stereocenters. The van der Waals surface area contributed by atoms with E-state index in [1.165, 1.54) is 0 Å². The molecule has 0 unspecified atom stereocenters. The first-order chi connectivity index (χ1) is 13.4. The van der Waals surface area contributed by atoms with Gasteiger partial charge in [-0.2, -0.15) is 0 Å². The van der Waals surface area contributed by atoms with E-state index in [-0.39, 0.29) is 11.9 Å². The molecule has 0 spiro atoms. The van der Waals surface area contributed by atoms with Crippen molar-refractivity contribution < 1.29 is 28.5 Å². The number of hydrogen-bond acceptors (Lipinski definition) is 6. The second-order valence-corrected chi connectivity index (χ2v) is 7.39. The van der Waals surface area contributed by atoms with Gasteiger partial charge in [-0.1, -0.05) is 13.2 Å². The standard InChI is InChI=1S/C22H36O6/c1-17(2)21(23)27-15-7-5-13-25-19-9-11-20(12-10-19)26-14-6-8-16-28-22(24)18(3)4/h19-20H,1,3,5-16H2,2,4H3. The second-order valence-electron chi connectivity index (χ2n) is 7.39. The molecule has 0 saturated heterocycles. The third-order valence-electron chi connectivity index (χ3n) is 4.57. The van der Waals surface area contributed by atoms with Gasteiger partial charge < -0.3 is 18.9 Å². The Balaban J connectivity index is 1.94. The Morgan fingerprint density at radius 3 is 1.32 bits per heavy atom. The minimum absolute atomic E-state index is 0.305. The number of carbonyl (C=O) groups excluding carboxylic acids is 2. The van der Waals surface area contributed by atoms with E-state index in [4.69, 9.17) is 18.9 Å². The average Bonchev–Trinajstić information content (AvgIpc) is 2.67. The fourth-order valence-electron chi connectivity index (χ4n) is 2.85. The first-order valence-electron chi connectivity index (χ1n) is 10.3. The van der Waals surface area contributed by atoms with E-state index in [0.717, 1.165) is 51.4 Å². The van der Waals surface area contributed by atoms with E-state index in [9.17, 15) is 9.59 Å². The molecule has 0 aliphatic heterocycles. The number of unbranched alkanes of at least 4 members (excludes halogenated alkanes) is 2. The number of hydrogen-bond donors (Lipinski definition) is 0. The summed E-state index contributed by atoms with van der Waals surface area (Å²) in [6, 6.07) is 0. The van der Waals surface area contributed by atoms with Gasteiger partial charge in [0.1, 0.15) is 0 Å². The van der Waals surface area contributed by atoms with Gasteiger partial charge in [0.2, 0.25) is 0 Å². The van der Waals surface area contributed by atoms with Gasteiger partial charge in [0.15, 0.2) is 0 Å². The van der Waals surface area contributed by atoms with Crippen molar-refractivity contribution in [1.82, 2.24) is 0 Å². The molecule has 0 amide bonds. The molecule has 0 radical (unpaired) electrons. The molecule has 1 rings (SSSR count). The molecule has 160 valence electrons. The van der Waals surface area contributed by atoms with Crippen molar-refractivity contribution in [3.8, 4) is 0 Å². The predicted octanol–water partition coefficient (Wildman–Crippen LogP) is 4.13. The Labute approximate surface area is 169 Å². The molecule has 0 aromatic rings. The van der Waals surface area contributed by atoms with Crippen molar-refractivity contribution in [2.24, 2.45) is 0 Å². The summed E-state index contributed by atoms with van der Waals surface area (Å²) in [4.78, 5) is 22.5. The maximum Gasteiger partial charge on any atom is 0.333 e. The molecule has 1 aliphatic carbocycles. The Bertz CT molecular complexity index is 459. The fraction of sp³-hybridized carbons (Fsp3) is 0.727. The smallest absolute Gasteiger partial charge is 0.333 e. The largest absolute Gasteiger partial charge is 0.462 e. The van der Waals surface area contributed by atoms with Crippen LogP contribution in [0.1, 0.15) is 65.2 Å². The minimum atomic E-state index is -0.327. The van der Waals surface area contributed by atoms with Gasteiger partial charge in [-0.3, -0.25) is 0 Å². The Morgan fingerprint density at radius 2 is 1.00 bits per heavy atom. The molecule has 6 nitrogen and oxygen atoms in total. The zero-order chi connectivity index (χ0) is 20.8. The molecule has 6 heteroatoms. The quantitative estimate of drug-likeness (QED) is 0.250. The highest BCUT2D eigenvalue weighted by atomic mass is 16.5. The van der Waals surface area contributed by atoms with Crippen LogP contribution in [0.5, 0.6) is 0 Å². The average molecular weight is 397 g/mol. The normalized spacial score (nSPS) is 19.1. The summed E-state index contributed by atoms with van der Waals surface area (Å²) in [6.45, 7) is 12.6. The van der Waals surface area contributed by atoms with Crippen molar-refractivity contribution in [1.29, 1.82) is 0 Å². The van der Waals surface area contributed by atoms with Gasteiger partial charge in [-0.15, -0.1) is 0 Å². The summed E-state index contributed by atoms with van der Waals surface area (Å²) in [5, 5.41) is 0. The van der Waals surface area contributed by atoms with E-state index in [1.54, 1.807) is 13.8 Å². The Morgan fingerprint density at radius 1 is 0.679 bits per heavy atom. The predicted molar refractivity (Wildman–Crippen MR) is 108 cm³/mol. The van der Waals surface area contributed by atoms with E-state index in [1.807, 2.05) is 0 Å². The molecule has 1 saturated carbocycles. The minimum Gasteiger partial charge on any atom is -0.462 e. The number of ether oxygens (including phenoxy) is 4. The van der Waals surface area contributed by atoms with Crippen LogP contribution in [0, 0.1) is 0 Å². The molecule has 0 aromatic carbocycles. The van der Waals surface area contributed by atoms with Crippen molar-refractivity contribution in [3.63, 3.8) is 0 Å². The molecular weight excluding hydrogens is 360 g/mol. The first-order valence-corrected chi connectivity index (χ1v) is 10.3. The van der Waals surface area contributed by atoms with Gasteiger partial charge in [0.05, 0.1) is 25.4 Å². The molecule has 1 aliphatic rings. The fourth-order valence-corrected chi connectivity index (χ4v) is 2.85. The van der Waals surface area contributed by atoms with E-state index in [0.29, 0.717) is 49.8 Å². The van der Waals surface area contributed by atoms with Gasteiger partial charge in [0, 0.05) is 24.4 Å². The van der Waals surface area contributed by atoms with Gasteiger partial charge in [-0.05, 0) is 65.2 Å². The lowest BCUT2D eigenvalue weighted by molar-refractivity contribution is -0.140. The maximum absolute atomic E-state index is 11.2. The zero-order valence-electron chi connectivity index (χ0n) is 17.5.